The number of piperazine rings is 1. The van der Waals surface area contributed by atoms with Gasteiger partial charge in [-0.2, -0.15) is 0 Å². The van der Waals surface area contributed by atoms with Crippen molar-refractivity contribution in [3.63, 3.8) is 0 Å². The molecule has 30 heavy (non-hydrogen) atoms. The number of ketones is 1. The van der Waals surface area contributed by atoms with Crippen molar-refractivity contribution >= 4 is 11.9 Å². The number of hydrogen-bond donors (Lipinski definition) is 4. The minimum absolute atomic E-state index is 0.154. The number of fused-ring (bicyclic) bond motifs is 1. The molecule has 4 rings (SSSR count). The van der Waals surface area contributed by atoms with Crippen molar-refractivity contribution in [2.75, 3.05) is 46.4 Å². The van der Waals surface area contributed by atoms with Crippen LogP contribution in [0.2, 0.25) is 0 Å². The Morgan fingerprint density at radius 2 is 1.90 bits per heavy atom. The first-order chi connectivity index (χ1) is 14.6. The van der Waals surface area contributed by atoms with Crippen LogP contribution in [0.1, 0.15) is 21.5 Å². The van der Waals surface area contributed by atoms with Gasteiger partial charge in [-0.3, -0.25) is 4.79 Å². The summed E-state index contributed by atoms with van der Waals surface area (Å²) < 4.78 is 11.2. The van der Waals surface area contributed by atoms with Crippen molar-refractivity contribution in [3.05, 3.63) is 58.8 Å². The van der Waals surface area contributed by atoms with Crippen LogP contribution in [0.15, 0.2) is 42.2 Å². The van der Waals surface area contributed by atoms with Crippen molar-refractivity contribution in [2.45, 2.75) is 6.54 Å². The second-order valence-corrected chi connectivity index (χ2v) is 7.81. The van der Waals surface area contributed by atoms with Crippen LogP contribution in [0.3, 0.4) is 0 Å². The summed E-state index contributed by atoms with van der Waals surface area (Å²) in [7, 11) is 1.60. The van der Waals surface area contributed by atoms with Gasteiger partial charge in [0, 0.05) is 0 Å². The summed E-state index contributed by atoms with van der Waals surface area (Å²) in [4.78, 5) is 15.6. The van der Waals surface area contributed by atoms with Gasteiger partial charge >= 0.3 is 0 Å². The Labute approximate surface area is 175 Å². The Morgan fingerprint density at radius 1 is 1.13 bits per heavy atom. The van der Waals surface area contributed by atoms with Gasteiger partial charge in [-0.1, -0.05) is 12.1 Å². The predicted octanol–water partition coefficient (Wildman–Crippen LogP) is -0.707. The normalized spacial score (nSPS) is 22.1. The first-order valence-corrected chi connectivity index (χ1v) is 10.3. The number of aromatic hydroxyl groups is 1. The number of ether oxygens (including phenoxy) is 2. The maximum absolute atomic E-state index is 12.9. The van der Waals surface area contributed by atoms with Gasteiger partial charge in [-0.05, 0) is 35.9 Å². The van der Waals surface area contributed by atoms with Gasteiger partial charge in [0.25, 0.3) is 0 Å². The number of allylic oxidation sites excluding steroid dienone is 1. The van der Waals surface area contributed by atoms with Gasteiger partial charge in [0.05, 0.1) is 24.8 Å². The molecule has 0 unspecified atom stereocenters. The van der Waals surface area contributed by atoms with E-state index in [1.165, 1.54) is 9.80 Å². The third kappa shape index (κ3) is 4.18. The molecule has 1 fully saturated rings. The number of nitrogens with one attached hydrogen (secondary N) is 2. The molecule has 0 radical (unpaired) electrons. The molecule has 2 aromatic rings. The fourth-order valence-corrected chi connectivity index (χ4v) is 4.14. The third-order valence-electron chi connectivity index (χ3n) is 5.86. The lowest BCUT2D eigenvalue weighted by Crippen LogP contribution is -3.27. The quantitative estimate of drug-likeness (QED) is 0.472. The fraction of sp³-hybridized carbons (Fsp3) is 0.348. The highest BCUT2D eigenvalue weighted by molar-refractivity contribution is 6.15. The molecule has 0 saturated carbocycles. The van der Waals surface area contributed by atoms with E-state index < -0.39 is 0 Å². The number of Topliss-reactive ketones (excluding diaryl/α,β-unsaturated/α-hetero) is 1. The summed E-state index contributed by atoms with van der Waals surface area (Å²) in [6, 6.07) is 10.6. The van der Waals surface area contributed by atoms with Crippen LogP contribution in [0.5, 0.6) is 17.2 Å². The molecule has 2 aliphatic heterocycles. The number of aliphatic hydroxyl groups excluding tert-OH is 1. The van der Waals surface area contributed by atoms with Crippen LogP contribution in [0.25, 0.3) is 6.08 Å². The van der Waals surface area contributed by atoms with E-state index in [-0.39, 0.29) is 23.9 Å². The van der Waals surface area contributed by atoms with E-state index in [1.807, 2.05) is 24.3 Å². The number of carbonyl (C=O) groups is 1. The Bertz CT molecular complexity index is 964. The molecular formula is C23H28N2O5+2. The van der Waals surface area contributed by atoms with Gasteiger partial charge in [0.15, 0.2) is 11.5 Å². The molecule has 7 nitrogen and oxygen atoms in total. The molecule has 7 heteroatoms. The van der Waals surface area contributed by atoms with E-state index in [1.54, 1.807) is 25.3 Å². The van der Waals surface area contributed by atoms with E-state index in [2.05, 4.69) is 0 Å². The van der Waals surface area contributed by atoms with Crippen molar-refractivity contribution in [1.29, 1.82) is 0 Å². The van der Waals surface area contributed by atoms with Gasteiger partial charge in [-0.25, -0.2) is 0 Å². The number of phenols is 1. The Balaban J connectivity index is 1.55. The van der Waals surface area contributed by atoms with E-state index >= 15 is 0 Å². The molecule has 158 valence electrons. The molecule has 2 aromatic carbocycles. The van der Waals surface area contributed by atoms with Crippen molar-refractivity contribution in [1.82, 2.24) is 0 Å². The molecule has 0 bridgehead atoms. The largest absolute Gasteiger partial charge is 0.507 e. The molecule has 0 aliphatic carbocycles. The summed E-state index contributed by atoms with van der Waals surface area (Å²) >= 11 is 0. The molecule has 1 saturated heterocycles. The highest BCUT2D eigenvalue weighted by Gasteiger charge is 2.33. The zero-order chi connectivity index (χ0) is 21.1. The SMILES string of the molecule is COc1cccc(/C=C2\Oc3c(ccc(O)c3C[NH+]3CC[NH+](CCO)CC3)C2=O)c1. The van der Waals surface area contributed by atoms with E-state index in [9.17, 15) is 9.90 Å². The van der Waals surface area contributed by atoms with Crippen molar-refractivity contribution in [3.8, 4) is 17.2 Å². The fourth-order valence-electron chi connectivity index (χ4n) is 4.14. The zero-order valence-corrected chi connectivity index (χ0v) is 17.1. The number of benzene rings is 2. The zero-order valence-electron chi connectivity index (χ0n) is 17.1. The number of methoxy groups -OCH3 is 1. The van der Waals surface area contributed by atoms with Crippen LogP contribution in [-0.4, -0.2) is 62.4 Å². The lowest BCUT2D eigenvalue weighted by molar-refractivity contribution is -1.02. The number of carbonyl (C=O) groups excluding carboxylic acids is 1. The Hall–Kier alpha value is -2.87. The van der Waals surface area contributed by atoms with Crippen LogP contribution >= 0.6 is 0 Å². The molecule has 4 N–H and O–H groups in total. The summed E-state index contributed by atoms with van der Waals surface area (Å²) in [5.41, 5.74) is 1.97. The first kappa shape index (κ1) is 20.4. The van der Waals surface area contributed by atoms with Gasteiger partial charge in [-0.15, -0.1) is 0 Å². The predicted molar refractivity (Wildman–Crippen MR) is 111 cm³/mol. The standard InChI is InChI=1S/C23H26N2O5/c1-29-17-4-2-3-16(13-17)14-21-22(28)18-5-6-20(27)19(23(18)30-21)15-25-9-7-24(8-10-25)11-12-26/h2-6,13-14,26-27H,7-12,15H2,1H3/p+2/b21-14-. The monoisotopic (exact) mass is 412 g/mol. The molecule has 0 spiro atoms. The first-order valence-electron chi connectivity index (χ1n) is 10.3. The molecule has 2 heterocycles. The smallest absolute Gasteiger partial charge is 0.231 e. The van der Waals surface area contributed by atoms with Crippen LogP contribution in [-0.2, 0) is 6.54 Å². The van der Waals surface area contributed by atoms with Crippen LogP contribution in [0.4, 0.5) is 0 Å². The van der Waals surface area contributed by atoms with Crippen LogP contribution in [0, 0.1) is 0 Å². The van der Waals surface area contributed by atoms with Crippen LogP contribution < -0.4 is 19.3 Å². The minimum Gasteiger partial charge on any atom is -0.507 e. The Kier molecular flexibility index (Phi) is 6.03. The van der Waals surface area contributed by atoms with Gasteiger partial charge < -0.3 is 29.5 Å². The maximum atomic E-state index is 12.9. The maximum Gasteiger partial charge on any atom is 0.231 e. The average Bonchev–Trinajstić information content (AvgIpc) is 3.07. The number of rotatable bonds is 6. The highest BCUT2D eigenvalue weighted by Crippen LogP contribution is 2.39. The van der Waals surface area contributed by atoms with Crippen molar-refractivity contribution < 1.29 is 34.3 Å². The number of phenolic OH excluding ortho intramolecular Hbond substituents is 1. The molecule has 0 atom stereocenters. The topological polar surface area (TPSA) is 84.9 Å². The molecular weight excluding hydrogens is 384 g/mol. The lowest BCUT2D eigenvalue weighted by Gasteiger charge is -2.29. The molecule has 0 aromatic heterocycles. The second-order valence-electron chi connectivity index (χ2n) is 7.81. The second kappa shape index (κ2) is 8.87. The van der Waals surface area contributed by atoms with E-state index in [0.717, 1.165) is 38.3 Å². The Morgan fingerprint density at radius 3 is 2.63 bits per heavy atom. The summed E-state index contributed by atoms with van der Waals surface area (Å²) in [6.07, 6.45) is 1.70. The highest BCUT2D eigenvalue weighted by atomic mass is 16.5. The number of quaternary nitrogens is 2. The van der Waals surface area contributed by atoms with Gasteiger partial charge in [0.1, 0.15) is 50.8 Å². The summed E-state index contributed by atoms with van der Waals surface area (Å²) in [5.74, 6) is 1.39. The van der Waals surface area contributed by atoms with E-state index in [4.69, 9.17) is 14.6 Å². The minimum atomic E-state index is -0.179. The van der Waals surface area contributed by atoms with E-state index in [0.29, 0.717) is 29.2 Å². The van der Waals surface area contributed by atoms with Crippen molar-refractivity contribution in [2.24, 2.45) is 0 Å². The molecule has 2 aliphatic rings. The van der Waals surface area contributed by atoms with Gasteiger partial charge in [0.2, 0.25) is 5.78 Å². The number of hydrogen-bond acceptors (Lipinski definition) is 5. The third-order valence-corrected chi connectivity index (χ3v) is 5.86. The molecule has 0 amide bonds. The number of aliphatic hydroxyl groups is 1. The summed E-state index contributed by atoms with van der Waals surface area (Å²) in [5, 5.41) is 19.6. The average molecular weight is 412 g/mol. The lowest BCUT2D eigenvalue weighted by atomic mass is 10.0. The summed E-state index contributed by atoms with van der Waals surface area (Å²) in [6.45, 7) is 5.42.